The van der Waals surface area contributed by atoms with Crippen LogP contribution in [0.1, 0.15) is 5.56 Å². The molecule has 0 aliphatic carbocycles. The first-order valence-electron chi connectivity index (χ1n) is 5.43. The monoisotopic (exact) mass is 336 g/mol. The van der Waals surface area contributed by atoms with Crippen LogP contribution in [0.2, 0.25) is 5.02 Å². The SMILES string of the molecule is COc1ccc(Cl)cc1Nc1cc(Br)cc(C#N)c1. The van der Waals surface area contributed by atoms with Crippen molar-refractivity contribution in [3.63, 3.8) is 0 Å². The number of halogens is 2. The van der Waals surface area contributed by atoms with Crippen LogP contribution in [0, 0.1) is 11.3 Å². The van der Waals surface area contributed by atoms with Crippen molar-refractivity contribution in [2.45, 2.75) is 0 Å². The minimum absolute atomic E-state index is 0.567. The highest BCUT2D eigenvalue weighted by atomic mass is 79.9. The predicted octanol–water partition coefficient (Wildman–Crippen LogP) is 4.73. The summed E-state index contributed by atoms with van der Waals surface area (Å²) >= 11 is 9.34. The largest absolute Gasteiger partial charge is 0.495 e. The number of hydrogen-bond donors (Lipinski definition) is 1. The van der Waals surface area contributed by atoms with Crippen LogP contribution < -0.4 is 10.1 Å². The van der Waals surface area contributed by atoms with Gasteiger partial charge >= 0.3 is 0 Å². The van der Waals surface area contributed by atoms with Crippen molar-refractivity contribution in [3.8, 4) is 11.8 Å². The fourth-order valence-corrected chi connectivity index (χ4v) is 2.33. The Morgan fingerprint density at radius 2 is 2.05 bits per heavy atom. The first-order valence-corrected chi connectivity index (χ1v) is 6.60. The van der Waals surface area contributed by atoms with Crippen molar-refractivity contribution in [1.82, 2.24) is 0 Å². The number of anilines is 2. The summed E-state index contributed by atoms with van der Waals surface area (Å²) in [5.41, 5.74) is 2.10. The van der Waals surface area contributed by atoms with Crippen molar-refractivity contribution in [1.29, 1.82) is 5.26 Å². The Kier molecular flexibility index (Phi) is 4.31. The maximum atomic E-state index is 8.95. The van der Waals surface area contributed by atoms with E-state index in [1.807, 2.05) is 6.07 Å². The summed E-state index contributed by atoms with van der Waals surface area (Å²) in [5.74, 6) is 0.683. The molecule has 0 aliphatic heterocycles. The molecule has 0 spiro atoms. The Bertz CT molecular complexity index is 652. The van der Waals surface area contributed by atoms with Crippen LogP contribution in [-0.4, -0.2) is 7.11 Å². The Morgan fingerprint density at radius 1 is 1.26 bits per heavy atom. The average molecular weight is 338 g/mol. The first-order chi connectivity index (χ1) is 9.12. The van der Waals surface area contributed by atoms with Gasteiger partial charge in [0.25, 0.3) is 0 Å². The summed E-state index contributed by atoms with van der Waals surface area (Å²) in [7, 11) is 1.59. The Labute approximate surface area is 124 Å². The summed E-state index contributed by atoms with van der Waals surface area (Å²) in [6.07, 6.45) is 0. The molecule has 0 bridgehead atoms. The topological polar surface area (TPSA) is 45.0 Å². The number of nitrogens with one attached hydrogen (secondary N) is 1. The van der Waals surface area contributed by atoms with Crippen LogP contribution in [0.3, 0.4) is 0 Å². The minimum Gasteiger partial charge on any atom is -0.495 e. The lowest BCUT2D eigenvalue weighted by Crippen LogP contribution is -1.95. The van der Waals surface area contributed by atoms with Crippen molar-refractivity contribution in [2.24, 2.45) is 0 Å². The van der Waals surface area contributed by atoms with E-state index in [1.54, 1.807) is 37.4 Å². The molecule has 0 radical (unpaired) electrons. The molecular formula is C14H10BrClN2O. The summed E-state index contributed by atoms with van der Waals surface area (Å²) < 4.78 is 6.09. The van der Waals surface area contributed by atoms with Crippen molar-refractivity contribution >= 4 is 38.9 Å². The second-order valence-corrected chi connectivity index (χ2v) is 5.16. The van der Waals surface area contributed by atoms with Gasteiger partial charge in [-0.05, 0) is 36.4 Å². The Hall–Kier alpha value is -1.70. The molecule has 3 nitrogen and oxygen atoms in total. The molecule has 5 heteroatoms. The van der Waals surface area contributed by atoms with Crippen LogP contribution >= 0.6 is 27.5 Å². The second-order valence-electron chi connectivity index (χ2n) is 3.81. The van der Waals surface area contributed by atoms with E-state index in [-0.39, 0.29) is 0 Å². The van der Waals surface area contributed by atoms with Gasteiger partial charge in [0.1, 0.15) is 5.75 Å². The van der Waals surface area contributed by atoms with Crippen LogP contribution in [0.25, 0.3) is 0 Å². The third-order valence-electron chi connectivity index (χ3n) is 2.47. The number of benzene rings is 2. The smallest absolute Gasteiger partial charge is 0.142 e. The van der Waals surface area contributed by atoms with E-state index in [1.165, 1.54) is 0 Å². The molecule has 2 aromatic rings. The molecule has 96 valence electrons. The van der Waals surface area contributed by atoms with Gasteiger partial charge in [-0.1, -0.05) is 27.5 Å². The zero-order chi connectivity index (χ0) is 13.8. The van der Waals surface area contributed by atoms with Gasteiger partial charge in [0.15, 0.2) is 0 Å². The molecule has 0 unspecified atom stereocenters. The molecule has 1 N–H and O–H groups in total. The van der Waals surface area contributed by atoms with E-state index in [4.69, 9.17) is 21.6 Å². The van der Waals surface area contributed by atoms with Crippen LogP contribution in [0.4, 0.5) is 11.4 Å². The molecule has 19 heavy (non-hydrogen) atoms. The summed E-state index contributed by atoms with van der Waals surface area (Å²) in [5, 5.41) is 12.8. The minimum atomic E-state index is 0.567. The molecule has 0 saturated carbocycles. The van der Waals surface area contributed by atoms with Crippen LogP contribution in [-0.2, 0) is 0 Å². The second kappa shape index (κ2) is 5.96. The number of rotatable bonds is 3. The first kappa shape index (κ1) is 13.7. The number of nitrogens with zero attached hydrogens (tertiary/aromatic N) is 1. The zero-order valence-corrected chi connectivity index (χ0v) is 12.4. The van der Waals surface area contributed by atoms with Crippen LogP contribution in [0.15, 0.2) is 40.9 Å². The highest BCUT2D eigenvalue weighted by Gasteiger charge is 2.06. The van der Waals surface area contributed by atoms with Gasteiger partial charge in [0.05, 0.1) is 24.4 Å². The zero-order valence-electron chi connectivity index (χ0n) is 10.1. The maximum absolute atomic E-state index is 8.95. The quantitative estimate of drug-likeness (QED) is 0.881. The molecule has 2 rings (SSSR count). The number of nitriles is 1. The maximum Gasteiger partial charge on any atom is 0.142 e. The summed E-state index contributed by atoms with van der Waals surface area (Å²) in [6, 6.07) is 12.8. The van der Waals surface area contributed by atoms with Gasteiger partial charge in [-0.3, -0.25) is 0 Å². The van der Waals surface area contributed by atoms with Crippen LogP contribution in [0.5, 0.6) is 5.75 Å². The van der Waals surface area contributed by atoms with E-state index in [0.717, 1.165) is 15.8 Å². The number of methoxy groups -OCH3 is 1. The lowest BCUT2D eigenvalue weighted by Gasteiger charge is -2.12. The third-order valence-corrected chi connectivity index (χ3v) is 3.16. The van der Waals surface area contributed by atoms with Gasteiger partial charge in [-0.15, -0.1) is 0 Å². The molecule has 0 amide bonds. The van der Waals surface area contributed by atoms with Crippen molar-refractivity contribution in [3.05, 3.63) is 51.5 Å². The average Bonchev–Trinajstić information content (AvgIpc) is 2.38. The fraction of sp³-hybridized carbons (Fsp3) is 0.0714. The van der Waals surface area contributed by atoms with E-state index in [0.29, 0.717) is 16.3 Å². The lowest BCUT2D eigenvalue weighted by atomic mass is 10.2. The molecule has 0 fully saturated rings. The molecule has 0 aliphatic rings. The molecule has 0 aromatic heterocycles. The standard InChI is InChI=1S/C14H10BrClN2O/c1-19-14-3-2-11(16)7-13(14)18-12-5-9(8-17)4-10(15)6-12/h2-7,18H,1H3. The van der Waals surface area contributed by atoms with Gasteiger partial charge in [0, 0.05) is 15.2 Å². The van der Waals surface area contributed by atoms with E-state index < -0.39 is 0 Å². The van der Waals surface area contributed by atoms with E-state index in [9.17, 15) is 0 Å². The fourth-order valence-electron chi connectivity index (χ4n) is 1.66. The Balaban J connectivity index is 2.38. The van der Waals surface area contributed by atoms with E-state index in [2.05, 4.69) is 27.3 Å². The lowest BCUT2D eigenvalue weighted by molar-refractivity contribution is 0.417. The van der Waals surface area contributed by atoms with Crippen molar-refractivity contribution in [2.75, 3.05) is 12.4 Å². The number of ether oxygens (including phenoxy) is 1. The third kappa shape index (κ3) is 3.40. The highest BCUT2D eigenvalue weighted by Crippen LogP contribution is 2.31. The van der Waals surface area contributed by atoms with Gasteiger partial charge in [0.2, 0.25) is 0 Å². The van der Waals surface area contributed by atoms with Crippen molar-refractivity contribution < 1.29 is 4.74 Å². The molecule has 0 atom stereocenters. The van der Waals surface area contributed by atoms with Gasteiger partial charge in [-0.2, -0.15) is 5.26 Å². The van der Waals surface area contributed by atoms with Gasteiger partial charge < -0.3 is 10.1 Å². The van der Waals surface area contributed by atoms with E-state index >= 15 is 0 Å². The number of hydrogen-bond acceptors (Lipinski definition) is 3. The summed E-state index contributed by atoms with van der Waals surface area (Å²) in [4.78, 5) is 0. The molecular weight excluding hydrogens is 328 g/mol. The highest BCUT2D eigenvalue weighted by molar-refractivity contribution is 9.10. The summed E-state index contributed by atoms with van der Waals surface area (Å²) in [6.45, 7) is 0. The van der Waals surface area contributed by atoms with Gasteiger partial charge in [-0.25, -0.2) is 0 Å². The Morgan fingerprint density at radius 3 is 2.74 bits per heavy atom. The normalized spacial score (nSPS) is 9.79. The molecule has 0 heterocycles. The predicted molar refractivity (Wildman–Crippen MR) is 80.1 cm³/mol. The molecule has 2 aromatic carbocycles. The molecule has 0 saturated heterocycles.